The predicted octanol–water partition coefficient (Wildman–Crippen LogP) is 2.55. The summed E-state index contributed by atoms with van der Waals surface area (Å²) in [5, 5.41) is 11.9. The quantitative estimate of drug-likeness (QED) is 0.637. The average Bonchev–Trinajstić information content (AvgIpc) is 3.06. The van der Waals surface area contributed by atoms with Gasteiger partial charge in [-0.2, -0.15) is 0 Å². The van der Waals surface area contributed by atoms with E-state index in [2.05, 4.69) is 15.5 Å². The summed E-state index contributed by atoms with van der Waals surface area (Å²) in [5.74, 6) is 0.298. The number of carbonyl (C=O) groups excluding carboxylic acids is 1. The number of hydrogen-bond donors (Lipinski definition) is 0. The molecule has 0 unspecified atom stereocenters. The number of aryl methyl sites for hydroxylation is 1. The van der Waals surface area contributed by atoms with Gasteiger partial charge >= 0.3 is 0 Å². The molecule has 0 aliphatic rings. The van der Waals surface area contributed by atoms with Crippen LogP contribution in [0.15, 0.2) is 65.8 Å². The SMILES string of the molecule is CN(C(=O)CSc1nnnn1C)C(c1ccccc1)c1ccccc1. The molecule has 128 valence electrons. The Morgan fingerprint density at radius 3 is 2.12 bits per heavy atom. The highest BCUT2D eigenvalue weighted by molar-refractivity contribution is 7.99. The van der Waals surface area contributed by atoms with Crippen LogP contribution in [0.25, 0.3) is 0 Å². The fraction of sp³-hybridized carbons (Fsp3) is 0.222. The van der Waals surface area contributed by atoms with E-state index in [0.717, 1.165) is 11.1 Å². The summed E-state index contributed by atoms with van der Waals surface area (Å²) in [6.07, 6.45) is 0. The molecule has 0 aliphatic carbocycles. The Morgan fingerprint density at radius 1 is 1.08 bits per heavy atom. The molecule has 0 atom stereocenters. The molecule has 0 N–H and O–H groups in total. The Morgan fingerprint density at radius 2 is 1.64 bits per heavy atom. The molecule has 1 amide bonds. The van der Waals surface area contributed by atoms with Crippen molar-refractivity contribution in [1.82, 2.24) is 25.1 Å². The van der Waals surface area contributed by atoms with Crippen molar-refractivity contribution < 1.29 is 4.79 Å². The Balaban J connectivity index is 1.80. The zero-order valence-corrected chi connectivity index (χ0v) is 14.9. The normalized spacial score (nSPS) is 10.8. The van der Waals surface area contributed by atoms with Crippen LogP contribution in [0.1, 0.15) is 17.2 Å². The second-order valence-electron chi connectivity index (χ2n) is 5.60. The van der Waals surface area contributed by atoms with Crippen LogP contribution < -0.4 is 0 Å². The summed E-state index contributed by atoms with van der Waals surface area (Å²) in [6, 6.07) is 20.0. The summed E-state index contributed by atoms with van der Waals surface area (Å²) in [4.78, 5) is 14.5. The molecule has 0 saturated carbocycles. The van der Waals surface area contributed by atoms with Gasteiger partial charge in [0.25, 0.3) is 0 Å². The molecular weight excluding hydrogens is 334 g/mol. The maximum atomic E-state index is 12.8. The van der Waals surface area contributed by atoms with Gasteiger partial charge in [0.1, 0.15) is 0 Å². The van der Waals surface area contributed by atoms with E-state index in [1.54, 1.807) is 16.6 Å². The molecule has 0 bridgehead atoms. The lowest BCUT2D eigenvalue weighted by molar-refractivity contribution is -0.128. The molecule has 3 rings (SSSR count). The van der Waals surface area contributed by atoms with E-state index >= 15 is 0 Å². The van der Waals surface area contributed by atoms with Crippen molar-refractivity contribution in [1.29, 1.82) is 0 Å². The molecular formula is C18H19N5OS. The number of thioether (sulfide) groups is 1. The van der Waals surface area contributed by atoms with E-state index in [1.165, 1.54) is 11.8 Å². The van der Waals surface area contributed by atoms with E-state index in [-0.39, 0.29) is 17.7 Å². The maximum absolute atomic E-state index is 12.8. The van der Waals surface area contributed by atoms with Crippen LogP contribution >= 0.6 is 11.8 Å². The van der Waals surface area contributed by atoms with Crippen molar-refractivity contribution in [2.75, 3.05) is 12.8 Å². The van der Waals surface area contributed by atoms with Gasteiger partial charge in [0, 0.05) is 14.1 Å². The van der Waals surface area contributed by atoms with Gasteiger partial charge in [-0.1, -0.05) is 72.4 Å². The topological polar surface area (TPSA) is 63.9 Å². The highest BCUT2D eigenvalue weighted by atomic mass is 32.2. The third kappa shape index (κ3) is 4.06. The van der Waals surface area contributed by atoms with Crippen molar-refractivity contribution in [3.8, 4) is 0 Å². The third-order valence-electron chi connectivity index (χ3n) is 3.92. The minimum absolute atomic E-state index is 0.0192. The minimum Gasteiger partial charge on any atom is -0.334 e. The van der Waals surface area contributed by atoms with Crippen LogP contribution in [-0.4, -0.2) is 43.8 Å². The summed E-state index contributed by atoms with van der Waals surface area (Å²) in [5.41, 5.74) is 2.16. The van der Waals surface area contributed by atoms with Crippen molar-refractivity contribution in [3.05, 3.63) is 71.8 Å². The van der Waals surface area contributed by atoms with Gasteiger partial charge < -0.3 is 4.90 Å². The van der Waals surface area contributed by atoms with Gasteiger partial charge in [-0.15, -0.1) is 5.10 Å². The fourth-order valence-corrected chi connectivity index (χ4v) is 3.40. The molecule has 6 nitrogen and oxygen atoms in total. The molecule has 1 heterocycles. The fourth-order valence-electron chi connectivity index (χ4n) is 2.63. The van der Waals surface area contributed by atoms with E-state index in [1.807, 2.05) is 67.7 Å². The highest BCUT2D eigenvalue weighted by Gasteiger charge is 2.23. The van der Waals surface area contributed by atoms with Crippen LogP contribution in [0.2, 0.25) is 0 Å². The van der Waals surface area contributed by atoms with Gasteiger partial charge in [-0.3, -0.25) is 4.79 Å². The summed E-state index contributed by atoms with van der Waals surface area (Å²) < 4.78 is 1.56. The summed E-state index contributed by atoms with van der Waals surface area (Å²) in [7, 11) is 3.59. The molecule has 1 aromatic heterocycles. The molecule has 0 radical (unpaired) electrons. The Kier molecular flexibility index (Phi) is 5.45. The second-order valence-corrected chi connectivity index (χ2v) is 6.54. The van der Waals surface area contributed by atoms with Crippen LogP contribution in [0.5, 0.6) is 0 Å². The maximum Gasteiger partial charge on any atom is 0.233 e. The Bertz CT molecular complexity index is 782. The van der Waals surface area contributed by atoms with Crippen LogP contribution in [0.4, 0.5) is 0 Å². The van der Waals surface area contributed by atoms with Gasteiger partial charge in [-0.25, -0.2) is 4.68 Å². The van der Waals surface area contributed by atoms with E-state index in [4.69, 9.17) is 0 Å². The van der Waals surface area contributed by atoms with Crippen molar-refractivity contribution in [2.24, 2.45) is 7.05 Å². The monoisotopic (exact) mass is 353 g/mol. The van der Waals surface area contributed by atoms with Gasteiger partial charge in [-0.05, 0) is 21.6 Å². The summed E-state index contributed by atoms with van der Waals surface area (Å²) in [6.45, 7) is 0. The van der Waals surface area contributed by atoms with E-state index < -0.39 is 0 Å². The first-order valence-electron chi connectivity index (χ1n) is 7.87. The third-order valence-corrected chi connectivity index (χ3v) is 4.91. The highest BCUT2D eigenvalue weighted by Crippen LogP contribution is 2.28. The number of rotatable bonds is 6. The summed E-state index contributed by atoms with van der Waals surface area (Å²) >= 11 is 1.33. The number of amides is 1. The van der Waals surface area contributed by atoms with Crippen molar-refractivity contribution in [3.63, 3.8) is 0 Å². The molecule has 3 aromatic rings. The smallest absolute Gasteiger partial charge is 0.233 e. The van der Waals surface area contributed by atoms with E-state index in [9.17, 15) is 4.79 Å². The number of hydrogen-bond acceptors (Lipinski definition) is 5. The zero-order chi connectivity index (χ0) is 17.6. The number of benzene rings is 2. The molecule has 0 fully saturated rings. The van der Waals surface area contributed by atoms with Crippen LogP contribution in [-0.2, 0) is 11.8 Å². The molecule has 0 spiro atoms. The lowest BCUT2D eigenvalue weighted by Crippen LogP contribution is -2.33. The first kappa shape index (κ1) is 17.2. The predicted molar refractivity (Wildman–Crippen MR) is 97.0 cm³/mol. The minimum atomic E-state index is -0.131. The van der Waals surface area contributed by atoms with Gasteiger partial charge in [0.05, 0.1) is 11.8 Å². The second kappa shape index (κ2) is 7.94. The molecule has 0 saturated heterocycles. The number of tetrazole rings is 1. The lowest BCUT2D eigenvalue weighted by atomic mass is 9.97. The first-order chi connectivity index (χ1) is 12.2. The zero-order valence-electron chi connectivity index (χ0n) is 14.1. The number of aromatic nitrogens is 4. The first-order valence-corrected chi connectivity index (χ1v) is 8.86. The van der Waals surface area contributed by atoms with E-state index in [0.29, 0.717) is 5.16 Å². The van der Waals surface area contributed by atoms with Crippen molar-refractivity contribution >= 4 is 17.7 Å². The number of carbonyl (C=O) groups is 1. The van der Waals surface area contributed by atoms with Crippen molar-refractivity contribution in [2.45, 2.75) is 11.2 Å². The standard InChI is InChI=1S/C18H19N5OS/c1-22(16(24)13-25-18-19-20-21-23(18)2)17(14-9-5-3-6-10-14)15-11-7-4-8-12-15/h3-12,17H,13H2,1-2H3. The average molecular weight is 353 g/mol. The largest absolute Gasteiger partial charge is 0.334 e. The Hall–Kier alpha value is -2.67. The van der Waals surface area contributed by atoms with Crippen LogP contribution in [0, 0.1) is 0 Å². The molecule has 0 aliphatic heterocycles. The van der Waals surface area contributed by atoms with Crippen LogP contribution in [0.3, 0.4) is 0 Å². The number of nitrogens with zero attached hydrogens (tertiary/aromatic N) is 5. The molecule has 2 aromatic carbocycles. The van der Waals surface area contributed by atoms with Gasteiger partial charge in [0.15, 0.2) is 0 Å². The lowest BCUT2D eigenvalue weighted by Gasteiger charge is -2.29. The van der Waals surface area contributed by atoms with Gasteiger partial charge in [0.2, 0.25) is 11.1 Å². The molecule has 7 heteroatoms. The Labute approximate surface area is 150 Å². The molecule has 25 heavy (non-hydrogen) atoms.